The Morgan fingerprint density at radius 2 is 1.73 bits per heavy atom. The predicted octanol–water partition coefficient (Wildman–Crippen LogP) is 4.88. The number of fused-ring (bicyclic) bond motifs is 1. The maximum Gasteiger partial charge on any atom is 0.254 e. The fraction of sp³-hybridized carbons (Fsp3) is 0.231. The minimum atomic E-state index is -2.31. The number of pyridine rings is 1. The second-order valence-electron chi connectivity index (χ2n) is 8.57. The van der Waals surface area contributed by atoms with Gasteiger partial charge in [-0.15, -0.1) is 0 Å². The molecule has 0 N–H and O–H groups in total. The van der Waals surface area contributed by atoms with Crippen molar-refractivity contribution in [3.8, 4) is 22.5 Å². The molecule has 2 aromatic carbocycles. The summed E-state index contributed by atoms with van der Waals surface area (Å²) in [5.41, 5.74) is 4.73. The van der Waals surface area contributed by atoms with Crippen molar-refractivity contribution in [3.05, 3.63) is 72.4 Å². The minimum absolute atomic E-state index is 0.00908. The summed E-state index contributed by atoms with van der Waals surface area (Å²) >= 11 is 0. The molecule has 7 heteroatoms. The third-order valence-electron chi connectivity index (χ3n) is 5.90. The van der Waals surface area contributed by atoms with Gasteiger partial charge in [0.2, 0.25) is 0 Å². The fourth-order valence-electron chi connectivity index (χ4n) is 4.06. The van der Waals surface area contributed by atoms with E-state index in [1.54, 1.807) is 19.5 Å². The highest BCUT2D eigenvalue weighted by atomic mass is 31.2. The van der Waals surface area contributed by atoms with Gasteiger partial charge in [-0.3, -0.25) is 9.78 Å². The van der Waals surface area contributed by atoms with Gasteiger partial charge in [-0.25, -0.2) is 0 Å². The van der Waals surface area contributed by atoms with Crippen LogP contribution in [0.2, 0.25) is 0 Å². The number of benzene rings is 2. The maximum atomic E-state index is 12.9. The van der Waals surface area contributed by atoms with Crippen LogP contribution >= 0.6 is 7.14 Å². The molecule has 0 aliphatic carbocycles. The number of morpholine rings is 1. The van der Waals surface area contributed by atoms with Gasteiger partial charge in [0.1, 0.15) is 18.4 Å². The molecule has 0 spiro atoms. The van der Waals surface area contributed by atoms with Gasteiger partial charge in [0, 0.05) is 47.3 Å². The number of amides is 1. The van der Waals surface area contributed by atoms with Gasteiger partial charge in [-0.05, 0) is 37.1 Å². The van der Waals surface area contributed by atoms with Gasteiger partial charge >= 0.3 is 0 Å². The Bertz CT molecular complexity index is 1360. The Morgan fingerprint density at radius 3 is 2.45 bits per heavy atom. The highest BCUT2D eigenvalue weighted by molar-refractivity contribution is 7.70. The molecule has 1 amide bonds. The normalized spacial score (nSPS) is 14.5. The van der Waals surface area contributed by atoms with Crippen molar-refractivity contribution in [2.24, 2.45) is 0 Å². The van der Waals surface area contributed by atoms with Crippen molar-refractivity contribution in [1.82, 2.24) is 9.88 Å². The van der Waals surface area contributed by atoms with Crippen LogP contribution in [0.3, 0.4) is 0 Å². The summed E-state index contributed by atoms with van der Waals surface area (Å²) in [6, 6.07) is 19.1. The Labute approximate surface area is 192 Å². The molecule has 0 bridgehead atoms. The van der Waals surface area contributed by atoms with Crippen molar-refractivity contribution >= 4 is 29.5 Å². The van der Waals surface area contributed by atoms with Crippen LogP contribution in [0.15, 0.2) is 71.3 Å². The van der Waals surface area contributed by atoms with Crippen LogP contribution < -0.4 is 5.30 Å². The molecule has 0 atom stereocenters. The molecule has 5 rings (SSSR count). The van der Waals surface area contributed by atoms with Gasteiger partial charge in [-0.2, -0.15) is 0 Å². The Kier molecular flexibility index (Phi) is 5.65. The summed E-state index contributed by atoms with van der Waals surface area (Å²) in [4.78, 5) is 19.2. The maximum absolute atomic E-state index is 12.9. The number of hydrogen-bond acceptors (Lipinski definition) is 5. The van der Waals surface area contributed by atoms with Crippen molar-refractivity contribution < 1.29 is 18.5 Å². The van der Waals surface area contributed by atoms with E-state index in [9.17, 15) is 9.36 Å². The quantitative estimate of drug-likeness (QED) is 0.406. The summed E-state index contributed by atoms with van der Waals surface area (Å²) in [6.07, 6.45) is 1.75. The highest BCUT2D eigenvalue weighted by Crippen LogP contribution is 2.37. The molecule has 168 valence electrons. The average molecular weight is 460 g/mol. The van der Waals surface area contributed by atoms with E-state index in [1.165, 1.54) is 0 Å². The number of carbonyl (C=O) groups is 1. The topological polar surface area (TPSA) is 72.6 Å². The number of ether oxygens (including phenoxy) is 1. The monoisotopic (exact) mass is 460 g/mol. The van der Waals surface area contributed by atoms with E-state index >= 15 is 0 Å². The lowest BCUT2D eigenvalue weighted by molar-refractivity contribution is 0.0303. The first kappa shape index (κ1) is 21.6. The fourth-order valence-corrected chi connectivity index (χ4v) is 4.93. The highest BCUT2D eigenvalue weighted by Gasteiger charge is 2.20. The summed E-state index contributed by atoms with van der Waals surface area (Å²) in [6.45, 7) is 5.87. The van der Waals surface area contributed by atoms with E-state index in [1.807, 2.05) is 65.6 Å². The van der Waals surface area contributed by atoms with Crippen LogP contribution in [0, 0.1) is 0 Å². The van der Waals surface area contributed by atoms with E-state index in [-0.39, 0.29) is 5.91 Å². The van der Waals surface area contributed by atoms with E-state index in [0.29, 0.717) is 43.2 Å². The lowest BCUT2D eigenvalue weighted by Crippen LogP contribution is -2.40. The van der Waals surface area contributed by atoms with Crippen LogP contribution in [-0.4, -0.2) is 55.4 Å². The number of furan rings is 1. The molecule has 1 aliphatic rings. The van der Waals surface area contributed by atoms with Crippen molar-refractivity contribution in [2.45, 2.75) is 0 Å². The second-order valence-corrected chi connectivity index (χ2v) is 11.8. The molecule has 33 heavy (non-hydrogen) atoms. The number of hydrogen-bond donors (Lipinski definition) is 0. The summed E-state index contributed by atoms with van der Waals surface area (Å²) in [5, 5.41) is 0.836. The summed E-state index contributed by atoms with van der Waals surface area (Å²) in [5.74, 6) is 0.703. The van der Waals surface area contributed by atoms with Crippen molar-refractivity contribution in [1.29, 1.82) is 0 Å². The number of aromatic nitrogens is 1. The second kappa shape index (κ2) is 8.62. The molecule has 3 heterocycles. The summed E-state index contributed by atoms with van der Waals surface area (Å²) < 4.78 is 23.9. The Hall–Kier alpha value is -3.21. The largest absolute Gasteiger partial charge is 0.454 e. The molecule has 1 fully saturated rings. The van der Waals surface area contributed by atoms with Gasteiger partial charge in [0.05, 0.1) is 13.2 Å². The zero-order chi connectivity index (χ0) is 23.0. The SMILES string of the molecule is CP(C)(=O)c1ccc(-c2cc3nccc(-c4cccc(C(=O)N5CCOCC5)c4)c3o2)cc1. The molecule has 0 saturated carbocycles. The van der Waals surface area contributed by atoms with Crippen molar-refractivity contribution in [3.63, 3.8) is 0 Å². The smallest absolute Gasteiger partial charge is 0.254 e. The van der Waals surface area contributed by atoms with Gasteiger partial charge < -0.3 is 18.6 Å². The van der Waals surface area contributed by atoms with Crippen LogP contribution in [0.5, 0.6) is 0 Å². The van der Waals surface area contributed by atoms with Crippen LogP contribution in [0.4, 0.5) is 0 Å². The van der Waals surface area contributed by atoms with Gasteiger partial charge in [0.15, 0.2) is 5.58 Å². The molecule has 4 aromatic rings. The standard InChI is InChI=1S/C26H25N2O4P/c1-33(2,30)21-8-6-18(7-9-21)24-17-23-25(32-24)22(10-11-27-23)19-4-3-5-20(16-19)26(29)28-12-14-31-15-13-28/h3-11,16-17H,12-15H2,1-2H3. The summed E-state index contributed by atoms with van der Waals surface area (Å²) in [7, 11) is -2.31. The zero-order valence-corrected chi connectivity index (χ0v) is 19.5. The third-order valence-corrected chi connectivity index (χ3v) is 7.45. The lowest BCUT2D eigenvalue weighted by atomic mass is 10.0. The first-order valence-electron chi connectivity index (χ1n) is 10.9. The van der Waals surface area contributed by atoms with Crippen LogP contribution in [0.1, 0.15) is 10.4 Å². The van der Waals surface area contributed by atoms with Crippen LogP contribution in [-0.2, 0) is 9.30 Å². The lowest BCUT2D eigenvalue weighted by Gasteiger charge is -2.27. The van der Waals surface area contributed by atoms with E-state index in [4.69, 9.17) is 9.15 Å². The third kappa shape index (κ3) is 4.37. The molecule has 0 radical (unpaired) electrons. The Balaban J connectivity index is 1.50. The van der Waals surface area contributed by atoms with Gasteiger partial charge in [0.25, 0.3) is 5.91 Å². The van der Waals surface area contributed by atoms with Crippen LogP contribution in [0.25, 0.3) is 33.6 Å². The van der Waals surface area contributed by atoms with Gasteiger partial charge in [-0.1, -0.05) is 36.4 Å². The predicted molar refractivity (Wildman–Crippen MR) is 131 cm³/mol. The molecule has 6 nitrogen and oxygen atoms in total. The molecule has 2 aromatic heterocycles. The van der Waals surface area contributed by atoms with E-state index in [2.05, 4.69) is 4.98 Å². The first-order chi connectivity index (χ1) is 15.9. The molecular formula is C26H25N2O4P. The van der Waals surface area contributed by atoms with Crippen molar-refractivity contribution in [2.75, 3.05) is 39.6 Å². The molecule has 0 unspecified atom stereocenters. The molecular weight excluding hydrogens is 435 g/mol. The Morgan fingerprint density at radius 1 is 0.970 bits per heavy atom. The zero-order valence-electron chi connectivity index (χ0n) is 18.7. The average Bonchev–Trinajstić information content (AvgIpc) is 3.28. The molecule has 1 saturated heterocycles. The first-order valence-corrected chi connectivity index (χ1v) is 13.5. The minimum Gasteiger partial charge on any atom is -0.454 e. The molecule has 1 aliphatic heterocycles. The van der Waals surface area contributed by atoms with E-state index in [0.717, 1.165) is 27.5 Å². The number of rotatable bonds is 4. The van der Waals surface area contributed by atoms with E-state index < -0.39 is 7.14 Å². The number of nitrogens with zero attached hydrogens (tertiary/aromatic N) is 2. The number of carbonyl (C=O) groups excluding carboxylic acids is 1.